The molecule has 0 N–H and O–H groups in total. The predicted octanol–water partition coefficient (Wildman–Crippen LogP) is 4.20. The van der Waals surface area contributed by atoms with E-state index in [1.54, 1.807) is 12.1 Å². The molecule has 0 radical (unpaired) electrons. The summed E-state index contributed by atoms with van der Waals surface area (Å²) in [6.07, 6.45) is 0. The van der Waals surface area contributed by atoms with Gasteiger partial charge in [0.1, 0.15) is 5.75 Å². The van der Waals surface area contributed by atoms with Crippen molar-refractivity contribution in [2.75, 3.05) is 0 Å². The average Bonchev–Trinajstić information content (AvgIpc) is 2.16. The lowest BCUT2D eigenvalue weighted by Crippen LogP contribution is -2.01. The fourth-order valence-corrected chi connectivity index (χ4v) is 1.75. The smallest absolute Gasteiger partial charge is 0.387 e. The molecule has 0 aliphatic rings. The van der Waals surface area contributed by atoms with Crippen LogP contribution >= 0.6 is 15.9 Å². The molecule has 0 saturated heterocycles. The van der Waals surface area contributed by atoms with E-state index in [0.717, 1.165) is 15.2 Å². The molecular formula is C11H7BrF2O. The normalized spacial score (nSPS) is 10.9. The van der Waals surface area contributed by atoms with E-state index in [1.165, 1.54) is 6.07 Å². The minimum absolute atomic E-state index is 0.176. The largest absolute Gasteiger partial charge is 0.435 e. The summed E-state index contributed by atoms with van der Waals surface area (Å²) in [5.74, 6) is 0.176. The molecule has 2 rings (SSSR count). The Kier molecular flexibility index (Phi) is 2.86. The Morgan fingerprint density at radius 1 is 1.00 bits per heavy atom. The molecule has 0 aliphatic carbocycles. The summed E-state index contributed by atoms with van der Waals surface area (Å²) >= 11 is 3.32. The van der Waals surface area contributed by atoms with E-state index in [1.807, 2.05) is 18.2 Å². The molecule has 0 spiro atoms. The minimum atomic E-state index is -2.78. The second-order valence-electron chi connectivity index (χ2n) is 3.03. The van der Waals surface area contributed by atoms with Crippen molar-refractivity contribution in [2.45, 2.75) is 6.61 Å². The van der Waals surface area contributed by atoms with E-state index < -0.39 is 6.61 Å². The van der Waals surface area contributed by atoms with Gasteiger partial charge >= 0.3 is 6.61 Å². The summed E-state index contributed by atoms with van der Waals surface area (Å²) < 4.78 is 29.2. The molecular weight excluding hydrogens is 266 g/mol. The summed E-state index contributed by atoms with van der Waals surface area (Å²) in [7, 11) is 0. The molecule has 0 fully saturated rings. The highest BCUT2D eigenvalue weighted by Gasteiger charge is 2.04. The first-order valence-corrected chi connectivity index (χ1v) is 5.08. The van der Waals surface area contributed by atoms with Crippen LogP contribution in [0.4, 0.5) is 8.78 Å². The highest BCUT2D eigenvalue weighted by molar-refractivity contribution is 9.10. The van der Waals surface area contributed by atoms with Crippen LogP contribution in [0, 0.1) is 0 Å². The molecule has 2 aromatic rings. The van der Waals surface area contributed by atoms with Gasteiger partial charge in [0.05, 0.1) is 0 Å². The van der Waals surface area contributed by atoms with Gasteiger partial charge in [0.2, 0.25) is 0 Å². The highest BCUT2D eigenvalue weighted by atomic mass is 79.9. The predicted molar refractivity (Wildman–Crippen MR) is 58.3 cm³/mol. The highest BCUT2D eigenvalue weighted by Crippen LogP contribution is 2.24. The monoisotopic (exact) mass is 272 g/mol. The molecule has 0 atom stereocenters. The van der Waals surface area contributed by atoms with E-state index in [9.17, 15) is 8.78 Å². The number of halogens is 3. The molecule has 0 saturated carbocycles. The van der Waals surface area contributed by atoms with Crippen molar-refractivity contribution < 1.29 is 13.5 Å². The van der Waals surface area contributed by atoms with Gasteiger partial charge in [-0.05, 0) is 35.0 Å². The van der Waals surface area contributed by atoms with E-state index in [2.05, 4.69) is 20.7 Å². The Balaban J connectivity index is 2.45. The second kappa shape index (κ2) is 4.14. The first-order valence-electron chi connectivity index (χ1n) is 4.29. The maximum absolute atomic E-state index is 12.0. The quantitative estimate of drug-likeness (QED) is 0.796. The topological polar surface area (TPSA) is 9.23 Å². The number of benzene rings is 2. The molecule has 78 valence electrons. The molecule has 1 nitrogen and oxygen atoms in total. The Bertz CT molecular complexity index is 485. The van der Waals surface area contributed by atoms with Crippen molar-refractivity contribution in [1.82, 2.24) is 0 Å². The first-order chi connectivity index (χ1) is 7.15. The summed E-state index contributed by atoms with van der Waals surface area (Å²) in [5, 5.41) is 1.85. The fraction of sp³-hybridized carbons (Fsp3) is 0.0909. The number of hydrogen-bond acceptors (Lipinski definition) is 1. The third-order valence-corrected chi connectivity index (χ3v) is 2.49. The Labute approximate surface area is 93.8 Å². The van der Waals surface area contributed by atoms with Crippen molar-refractivity contribution in [1.29, 1.82) is 0 Å². The van der Waals surface area contributed by atoms with E-state index in [0.29, 0.717) is 0 Å². The van der Waals surface area contributed by atoms with Crippen LogP contribution in [0.25, 0.3) is 10.8 Å². The van der Waals surface area contributed by atoms with Crippen molar-refractivity contribution in [3.63, 3.8) is 0 Å². The molecule has 0 unspecified atom stereocenters. The number of alkyl halides is 2. The van der Waals surface area contributed by atoms with E-state index in [-0.39, 0.29) is 5.75 Å². The van der Waals surface area contributed by atoms with E-state index in [4.69, 9.17) is 0 Å². The van der Waals surface area contributed by atoms with Gasteiger partial charge in [0, 0.05) is 4.47 Å². The van der Waals surface area contributed by atoms with Gasteiger partial charge in [0.25, 0.3) is 0 Å². The van der Waals surface area contributed by atoms with Gasteiger partial charge < -0.3 is 4.74 Å². The lowest BCUT2D eigenvalue weighted by atomic mass is 10.1. The zero-order valence-corrected chi connectivity index (χ0v) is 9.17. The summed E-state index contributed by atoms with van der Waals surface area (Å²) in [6, 6.07) is 10.5. The van der Waals surface area contributed by atoms with Gasteiger partial charge in [-0.25, -0.2) is 0 Å². The molecule has 0 amide bonds. The lowest BCUT2D eigenvalue weighted by molar-refractivity contribution is -0.0497. The number of rotatable bonds is 2. The van der Waals surface area contributed by atoms with Crippen molar-refractivity contribution in [2.24, 2.45) is 0 Å². The Morgan fingerprint density at radius 3 is 2.47 bits per heavy atom. The maximum atomic E-state index is 12.0. The third kappa shape index (κ3) is 2.45. The van der Waals surface area contributed by atoms with Gasteiger partial charge in [-0.2, -0.15) is 8.78 Å². The van der Waals surface area contributed by atoms with Crippen molar-refractivity contribution >= 4 is 26.7 Å². The van der Waals surface area contributed by atoms with Crippen LogP contribution < -0.4 is 4.74 Å². The van der Waals surface area contributed by atoms with Crippen LogP contribution in [-0.4, -0.2) is 6.61 Å². The van der Waals surface area contributed by atoms with Gasteiger partial charge in [-0.1, -0.05) is 28.1 Å². The fourth-order valence-electron chi connectivity index (χ4n) is 1.37. The van der Waals surface area contributed by atoms with Crippen LogP contribution in [0.5, 0.6) is 5.75 Å². The third-order valence-electron chi connectivity index (χ3n) is 2.00. The van der Waals surface area contributed by atoms with Crippen LogP contribution in [0.2, 0.25) is 0 Å². The van der Waals surface area contributed by atoms with Crippen LogP contribution in [0.1, 0.15) is 0 Å². The molecule has 0 aromatic heterocycles. The number of fused-ring (bicyclic) bond motifs is 1. The molecule has 0 bridgehead atoms. The van der Waals surface area contributed by atoms with Gasteiger partial charge in [-0.3, -0.25) is 0 Å². The standard InChI is InChI=1S/C11H7BrF2O/c12-9-3-1-7-2-4-10(15-11(13)14)6-8(7)5-9/h1-6,11H. The Morgan fingerprint density at radius 2 is 1.73 bits per heavy atom. The SMILES string of the molecule is FC(F)Oc1ccc2ccc(Br)cc2c1. The second-order valence-corrected chi connectivity index (χ2v) is 3.95. The lowest BCUT2D eigenvalue weighted by Gasteiger charge is -2.05. The van der Waals surface area contributed by atoms with Crippen LogP contribution in [-0.2, 0) is 0 Å². The average molecular weight is 273 g/mol. The zero-order valence-electron chi connectivity index (χ0n) is 7.58. The van der Waals surface area contributed by atoms with Crippen LogP contribution in [0.15, 0.2) is 40.9 Å². The zero-order chi connectivity index (χ0) is 10.8. The molecule has 2 aromatic carbocycles. The summed E-state index contributed by atoms with van der Waals surface area (Å²) in [6.45, 7) is -2.78. The summed E-state index contributed by atoms with van der Waals surface area (Å²) in [5.41, 5.74) is 0. The van der Waals surface area contributed by atoms with Crippen molar-refractivity contribution in [3.05, 3.63) is 40.9 Å². The van der Waals surface area contributed by atoms with Crippen molar-refractivity contribution in [3.8, 4) is 5.75 Å². The first kappa shape index (κ1) is 10.4. The molecule has 0 heterocycles. The van der Waals surface area contributed by atoms with Crippen LogP contribution in [0.3, 0.4) is 0 Å². The molecule has 0 aliphatic heterocycles. The van der Waals surface area contributed by atoms with Gasteiger partial charge in [-0.15, -0.1) is 0 Å². The maximum Gasteiger partial charge on any atom is 0.387 e. The number of hydrogen-bond donors (Lipinski definition) is 0. The van der Waals surface area contributed by atoms with Gasteiger partial charge in [0.15, 0.2) is 0 Å². The number of ether oxygens (including phenoxy) is 1. The minimum Gasteiger partial charge on any atom is -0.435 e. The molecule has 4 heteroatoms. The summed E-state index contributed by atoms with van der Waals surface area (Å²) in [4.78, 5) is 0. The molecule has 15 heavy (non-hydrogen) atoms. The van der Waals surface area contributed by atoms with E-state index >= 15 is 0 Å². The Hall–Kier alpha value is -1.16.